The lowest BCUT2D eigenvalue weighted by atomic mass is 9.93. The third-order valence-electron chi connectivity index (χ3n) is 6.72. The number of anilines is 1. The zero-order valence-electron chi connectivity index (χ0n) is 20.5. The van der Waals surface area contributed by atoms with E-state index in [9.17, 15) is 19.1 Å². The number of hydrogen-bond donors (Lipinski definition) is 2. The first-order valence-corrected chi connectivity index (χ1v) is 12.4. The maximum atomic E-state index is 14.0. The summed E-state index contributed by atoms with van der Waals surface area (Å²) in [4.78, 5) is 28.1. The van der Waals surface area contributed by atoms with Crippen molar-refractivity contribution >= 4 is 17.7 Å². The number of likely N-dealkylation sites (tertiary alicyclic amines) is 1. The van der Waals surface area contributed by atoms with E-state index in [1.54, 1.807) is 24.3 Å². The molecule has 2 amide bonds. The second-order valence-corrected chi connectivity index (χ2v) is 9.19. The van der Waals surface area contributed by atoms with Crippen LogP contribution in [-0.4, -0.2) is 40.7 Å². The summed E-state index contributed by atoms with van der Waals surface area (Å²) in [5.74, 6) is -1.69. The molecule has 5 rings (SSSR count). The first kappa shape index (κ1) is 25.2. The van der Waals surface area contributed by atoms with Crippen LogP contribution in [0.1, 0.15) is 17.0 Å². The van der Waals surface area contributed by atoms with E-state index in [1.807, 2.05) is 72.8 Å². The van der Waals surface area contributed by atoms with E-state index in [4.69, 9.17) is 4.74 Å². The van der Waals surface area contributed by atoms with Crippen molar-refractivity contribution in [2.24, 2.45) is 0 Å². The van der Waals surface area contributed by atoms with Crippen molar-refractivity contribution in [2.75, 3.05) is 11.9 Å². The summed E-state index contributed by atoms with van der Waals surface area (Å²) in [6, 6.07) is 30.7. The van der Waals surface area contributed by atoms with Gasteiger partial charge in [0, 0.05) is 23.7 Å². The van der Waals surface area contributed by atoms with Gasteiger partial charge in [0.2, 0.25) is 5.91 Å². The standard InChI is InChI=1S/C31H27FN2O4/c32-24-15-9-14-23(18-24)26-19-34(31(37)38-20-21-10-3-1-4-11-21)28(29(26)35)30(36)33-27-17-8-7-16-25(27)22-12-5-2-6-13-22/h1-18,26,28-29,35H,19-20H2,(H,33,36)/t26-,28+,29-/m0/s1. The Kier molecular flexibility index (Phi) is 7.47. The molecule has 3 atom stereocenters. The average molecular weight is 511 g/mol. The maximum Gasteiger partial charge on any atom is 0.410 e. The van der Waals surface area contributed by atoms with Crippen LogP contribution in [0.2, 0.25) is 0 Å². The predicted molar refractivity (Wildman–Crippen MR) is 143 cm³/mol. The SMILES string of the molecule is O=C(Nc1ccccc1-c1ccccc1)[C@H]1[C@@H](O)[C@H](c2cccc(F)c2)CN1C(=O)OCc1ccccc1. The third-order valence-corrected chi connectivity index (χ3v) is 6.72. The van der Waals surface area contributed by atoms with E-state index in [2.05, 4.69) is 5.32 Å². The fourth-order valence-corrected chi connectivity index (χ4v) is 4.83. The van der Waals surface area contributed by atoms with Crippen molar-refractivity contribution in [1.82, 2.24) is 4.90 Å². The predicted octanol–water partition coefficient (Wildman–Crippen LogP) is 5.60. The van der Waals surface area contributed by atoms with Gasteiger partial charge in [-0.25, -0.2) is 9.18 Å². The van der Waals surface area contributed by atoms with Gasteiger partial charge in [0.25, 0.3) is 0 Å². The number of para-hydroxylation sites is 1. The number of rotatable bonds is 6. The molecule has 1 saturated heterocycles. The van der Waals surface area contributed by atoms with Crippen LogP contribution >= 0.6 is 0 Å². The van der Waals surface area contributed by atoms with Crippen LogP contribution in [0, 0.1) is 5.82 Å². The second-order valence-electron chi connectivity index (χ2n) is 9.19. The molecule has 0 aromatic heterocycles. The van der Waals surface area contributed by atoms with Crippen molar-refractivity contribution in [2.45, 2.75) is 24.7 Å². The number of nitrogens with zero attached hydrogens (tertiary/aromatic N) is 1. The van der Waals surface area contributed by atoms with Gasteiger partial charge in [-0.1, -0.05) is 91.0 Å². The monoisotopic (exact) mass is 510 g/mol. The summed E-state index contributed by atoms with van der Waals surface area (Å²) in [5.41, 5.74) is 3.54. The van der Waals surface area contributed by atoms with Gasteiger partial charge < -0.3 is 15.2 Å². The summed E-state index contributed by atoms with van der Waals surface area (Å²) >= 11 is 0. The zero-order chi connectivity index (χ0) is 26.5. The fourth-order valence-electron chi connectivity index (χ4n) is 4.83. The summed E-state index contributed by atoms with van der Waals surface area (Å²) < 4.78 is 19.5. The molecule has 2 N–H and O–H groups in total. The minimum atomic E-state index is -1.27. The Morgan fingerprint density at radius 1 is 0.895 bits per heavy atom. The van der Waals surface area contributed by atoms with Crippen LogP contribution < -0.4 is 5.32 Å². The molecule has 192 valence electrons. The molecule has 1 fully saturated rings. The summed E-state index contributed by atoms with van der Waals surface area (Å²) in [6.45, 7) is 0.0126. The molecule has 4 aromatic carbocycles. The Morgan fingerprint density at radius 3 is 2.32 bits per heavy atom. The molecule has 0 saturated carbocycles. The Balaban J connectivity index is 1.42. The number of aliphatic hydroxyl groups is 1. The highest BCUT2D eigenvalue weighted by Gasteiger charge is 2.48. The Morgan fingerprint density at radius 2 is 1.58 bits per heavy atom. The van der Waals surface area contributed by atoms with Crippen LogP contribution in [-0.2, 0) is 16.1 Å². The molecule has 38 heavy (non-hydrogen) atoms. The van der Waals surface area contributed by atoms with Crippen molar-refractivity contribution < 1.29 is 23.8 Å². The number of nitrogens with one attached hydrogen (secondary N) is 1. The van der Waals surface area contributed by atoms with Crippen LogP contribution in [0.3, 0.4) is 0 Å². The highest BCUT2D eigenvalue weighted by atomic mass is 19.1. The number of amides is 2. The quantitative estimate of drug-likeness (QED) is 0.354. The molecule has 1 heterocycles. The molecular formula is C31H27FN2O4. The van der Waals surface area contributed by atoms with Gasteiger partial charge in [-0.3, -0.25) is 9.69 Å². The van der Waals surface area contributed by atoms with E-state index >= 15 is 0 Å². The van der Waals surface area contributed by atoms with E-state index in [0.717, 1.165) is 16.7 Å². The van der Waals surface area contributed by atoms with Crippen LogP contribution in [0.15, 0.2) is 109 Å². The first-order valence-electron chi connectivity index (χ1n) is 12.4. The van der Waals surface area contributed by atoms with E-state index in [-0.39, 0.29) is 13.2 Å². The first-order chi connectivity index (χ1) is 18.5. The number of halogens is 1. The van der Waals surface area contributed by atoms with Crippen molar-refractivity contribution in [3.05, 3.63) is 126 Å². The van der Waals surface area contributed by atoms with E-state index in [1.165, 1.54) is 17.0 Å². The van der Waals surface area contributed by atoms with Crippen molar-refractivity contribution in [3.8, 4) is 11.1 Å². The summed E-state index contributed by atoms with van der Waals surface area (Å²) in [7, 11) is 0. The Bertz CT molecular complexity index is 1410. The Hall–Kier alpha value is -4.49. The van der Waals surface area contributed by atoms with Crippen LogP contribution in [0.25, 0.3) is 11.1 Å². The topological polar surface area (TPSA) is 78.9 Å². The summed E-state index contributed by atoms with van der Waals surface area (Å²) in [6.07, 6.45) is -2.01. The minimum absolute atomic E-state index is 0.00331. The molecule has 0 radical (unpaired) electrons. The average Bonchev–Trinajstić information content (AvgIpc) is 3.30. The van der Waals surface area contributed by atoms with Gasteiger partial charge in [-0.2, -0.15) is 0 Å². The number of carbonyl (C=O) groups is 2. The van der Waals surface area contributed by atoms with Crippen molar-refractivity contribution in [1.29, 1.82) is 0 Å². The molecule has 0 aliphatic carbocycles. The van der Waals surface area contributed by atoms with E-state index < -0.39 is 35.9 Å². The number of aliphatic hydroxyl groups excluding tert-OH is 1. The fraction of sp³-hybridized carbons (Fsp3) is 0.161. The van der Waals surface area contributed by atoms with Crippen molar-refractivity contribution in [3.63, 3.8) is 0 Å². The van der Waals surface area contributed by atoms with Gasteiger partial charge in [-0.15, -0.1) is 0 Å². The largest absolute Gasteiger partial charge is 0.445 e. The molecule has 7 heteroatoms. The third kappa shape index (κ3) is 5.43. The highest BCUT2D eigenvalue weighted by molar-refractivity contribution is 6.00. The molecule has 1 aliphatic heterocycles. The molecule has 1 aliphatic rings. The molecule has 6 nitrogen and oxygen atoms in total. The van der Waals surface area contributed by atoms with Crippen LogP contribution in [0.5, 0.6) is 0 Å². The number of carbonyl (C=O) groups excluding carboxylic acids is 2. The van der Waals surface area contributed by atoms with Gasteiger partial charge in [0.05, 0.1) is 6.10 Å². The molecule has 4 aromatic rings. The summed E-state index contributed by atoms with van der Waals surface area (Å²) in [5, 5.41) is 14.2. The highest BCUT2D eigenvalue weighted by Crippen LogP contribution is 2.35. The maximum absolute atomic E-state index is 14.0. The number of benzene rings is 4. The Labute approximate surface area is 220 Å². The minimum Gasteiger partial charge on any atom is -0.445 e. The number of ether oxygens (including phenoxy) is 1. The second kappa shape index (κ2) is 11.3. The lowest BCUT2D eigenvalue weighted by Crippen LogP contribution is -2.48. The zero-order valence-corrected chi connectivity index (χ0v) is 20.5. The van der Waals surface area contributed by atoms with E-state index in [0.29, 0.717) is 11.3 Å². The molecular weight excluding hydrogens is 483 g/mol. The van der Waals surface area contributed by atoms with Crippen LogP contribution in [0.4, 0.5) is 14.9 Å². The van der Waals surface area contributed by atoms with Gasteiger partial charge >= 0.3 is 6.09 Å². The van der Waals surface area contributed by atoms with Gasteiger partial charge in [0.15, 0.2) is 0 Å². The lowest BCUT2D eigenvalue weighted by Gasteiger charge is -2.25. The lowest BCUT2D eigenvalue weighted by molar-refractivity contribution is -0.122. The van der Waals surface area contributed by atoms with Gasteiger partial charge in [-0.05, 0) is 34.9 Å². The normalized spacial score (nSPS) is 18.7. The molecule has 0 bridgehead atoms. The molecule has 0 spiro atoms. The molecule has 0 unspecified atom stereocenters. The number of hydrogen-bond acceptors (Lipinski definition) is 4. The van der Waals surface area contributed by atoms with Gasteiger partial charge in [0.1, 0.15) is 18.5 Å². The smallest absolute Gasteiger partial charge is 0.410 e.